The molecule has 0 saturated carbocycles. The van der Waals surface area contributed by atoms with Gasteiger partial charge in [-0.3, -0.25) is 0 Å². The van der Waals surface area contributed by atoms with Crippen molar-refractivity contribution in [2.75, 3.05) is 7.11 Å². The van der Waals surface area contributed by atoms with Crippen molar-refractivity contribution < 1.29 is 9.13 Å². The molecular formula is C16H17ClFNO. The van der Waals surface area contributed by atoms with Gasteiger partial charge in [0.2, 0.25) is 0 Å². The minimum atomic E-state index is -0.350. The molecule has 0 radical (unpaired) electrons. The summed E-state index contributed by atoms with van der Waals surface area (Å²) in [6.45, 7) is 2.59. The first kappa shape index (κ1) is 14.8. The summed E-state index contributed by atoms with van der Waals surface area (Å²) in [7, 11) is 1.45. The van der Waals surface area contributed by atoms with Gasteiger partial charge in [-0.2, -0.15) is 0 Å². The molecule has 0 heterocycles. The number of hydrogen-bond donors (Lipinski definition) is 1. The summed E-state index contributed by atoms with van der Waals surface area (Å²) < 4.78 is 18.5. The number of nitrogens with one attached hydrogen (secondary N) is 1. The van der Waals surface area contributed by atoms with E-state index in [1.807, 2.05) is 37.3 Å². The summed E-state index contributed by atoms with van der Waals surface area (Å²) in [5, 5.41) is 4.06. The minimum Gasteiger partial charge on any atom is -0.494 e. The maximum Gasteiger partial charge on any atom is 0.165 e. The van der Waals surface area contributed by atoms with Crippen molar-refractivity contribution >= 4 is 11.6 Å². The topological polar surface area (TPSA) is 21.3 Å². The number of halogens is 2. The van der Waals surface area contributed by atoms with Crippen molar-refractivity contribution in [3.8, 4) is 5.75 Å². The van der Waals surface area contributed by atoms with Crippen molar-refractivity contribution in [2.24, 2.45) is 0 Å². The van der Waals surface area contributed by atoms with Gasteiger partial charge in [0.25, 0.3) is 0 Å². The lowest BCUT2D eigenvalue weighted by atomic mass is 10.1. The molecule has 0 spiro atoms. The Kier molecular flexibility index (Phi) is 4.99. The third-order valence-corrected chi connectivity index (χ3v) is 3.54. The highest BCUT2D eigenvalue weighted by Crippen LogP contribution is 2.23. The van der Waals surface area contributed by atoms with E-state index in [1.54, 1.807) is 6.07 Å². The van der Waals surface area contributed by atoms with Crippen LogP contribution in [0.3, 0.4) is 0 Å². The van der Waals surface area contributed by atoms with Gasteiger partial charge in [0.05, 0.1) is 7.11 Å². The van der Waals surface area contributed by atoms with Crippen LogP contribution < -0.4 is 10.1 Å². The molecule has 20 heavy (non-hydrogen) atoms. The van der Waals surface area contributed by atoms with Gasteiger partial charge in [0.1, 0.15) is 0 Å². The monoisotopic (exact) mass is 293 g/mol. The van der Waals surface area contributed by atoms with Gasteiger partial charge >= 0.3 is 0 Å². The molecule has 0 bridgehead atoms. The lowest BCUT2D eigenvalue weighted by Crippen LogP contribution is -2.18. The SMILES string of the molecule is COc1ccc(CN[C@H](C)c2ccccc2Cl)cc1F. The van der Waals surface area contributed by atoms with Crippen molar-refractivity contribution in [3.05, 3.63) is 64.4 Å². The Bertz CT molecular complexity index is 588. The van der Waals surface area contributed by atoms with Gasteiger partial charge in [-0.15, -0.1) is 0 Å². The fraction of sp³-hybridized carbons (Fsp3) is 0.250. The van der Waals surface area contributed by atoms with Crippen molar-refractivity contribution in [2.45, 2.75) is 19.5 Å². The van der Waals surface area contributed by atoms with E-state index in [9.17, 15) is 4.39 Å². The molecule has 0 aliphatic heterocycles. The maximum atomic E-state index is 13.6. The summed E-state index contributed by atoms with van der Waals surface area (Å²) in [4.78, 5) is 0. The second-order valence-electron chi connectivity index (χ2n) is 4.59. The van der Waals surface area contributed by atoms with E-state index in [0.717, 1.165) is 16.1 Å². The van der Waals surface area contributed by atoms with E-state index >= 15 is 0 Å². The Morgan fingerprint density at radius 1 is 1.25 bits per heavy atom. The molecule has 2 aromatic carbocycles. The number of rotatable bonds is 5. The zero-order valence-electron chi connectivity index (χ0n) is 11.5. The molecule has 4 heteroatoms. The highest BCUT2D eigenvalue weighted by molar-refractivity contribution is 6.31. The van der Waals surface area contributed by atoms with Gasteiger partial charge < -0.3 is 10.1 Å². The highest BCUT2D eigenvalue weighted by atomic mass is 35.5. The van der Waals surface area contributed by atoms with E-state index < -0.39 is 0 Å². The number of hydrogen-bond acceptors (Lipinski definition) is 2. The Labute approximate surface area is 123 Å². The Hall–Kier alpha value is -1.58. The lowest BCUT2D eigenvalue weighted by molar-refractivity contribution is 0.386. The molecule has 0 aliphatic carbocycles. The van der Waals surface area contributed by atoms with Gasteiger partial charge in [0, 0.05) is 17.6 Å². The largest absolute Gasteiger partial charge is 0.494 e. The van der Waals surface area contributed by atoms with Crippen molar-refractivity contribution in [1.82, 2.24) is 5.32 Å². The van der Waals surface area contributed by atoms with Crippen molar-refractivity contribution in [3.63, 3.8) is 0 Å². The van der Waals surface area contributed by atoms with E-state index in [0.29, 0.717) is 6.54 Å². The van der Waals surface area contributed by atoms with Crippen LogP contribution in [-0.2, 0) is 6.54 Å². The van der Waals surface area contributed by atoms with Crippen LogP contribution in [0, 0.1) is 5.82 Å². The first-order valence-corrected chi connectivity index (χ1v) is 6.80. The molecule has 2 rings (SSSR count). The molecule has 2 aromatic rings. The second kappa shape index (κ2) is 6.73. The molecule has 0 fully saturated rings. The Morgan fingerprint density at radius 3 is 2.65 bits per heavy atom. The van der Waals surface area contributed by atoms with Gasteiger partial charge in [-0.25, -0.2) is 4.39 Å². The van der Waals surface area contributed by atoms with Gasteiger partial charge in [-0.1, -0.05) is 35.9 Å². The van der Waals surface area contributed by atoms with Crippen LogP contribution in [0.5, 0.6) is 5.75 Å². The van der Waals surface area contributed by atoms with E-state index in [-0.39, 0.29) is 17.6 Å². The standard InChI is InChI=1S/C16H17ClFNO/c1-11(13-5-3-4-6-14(13)17)19-10-12-7-8-16(20-2)15(18)9-12/h3-9,11,19H,10H2,1-2H3/t11-/m1/s1. The summed E-state index contributed by atoms with van der Waals surface area (Å²) in [5.74, 6) is -0.0925. The molecule has 0 amide bonds. The average Bonchev–Trinajstić information content (AvgIpc) is 2.45. The van der Waals surface area contributed by atoms with Crippen LogP contribution in [-0.4, -0.2) is 7.11 Å². The molecule has 1 atom stereocenters. The van der Waals surface area contributed by atoms with E-state index in [1.165, 1.54) is 13.2 Å². The second-order valence-corrected chi connectivity index (χ2v) is 5.00. The van der Waals surface area contributed by atoms with Crippen LogP contribution in [0.2, 0.25) is 5.02 Å². The Morgan fingerprint density at radius 2 is 2.00 bits per heavy atom. The average molecular weight is 294 g/mol. The first-order valence-electron chi connectivity index (χ1n) is 6.42. The molecule has 0 saturated heterocycles. The third-order valence-electron chi connectivity index (χ3n) is 3.20. The summed E-state index contributed by atoms with van der Waals surface area (Å²) in [5.41, 5.74) is 1.89. The molecule has 1 N–H and O–H groups in total. The molecule has 0 aliphatic rings. The minimum absolute atomic E-state index is 0.0915. The maximum absolute atomic E-state index is 13.6. The van der Waals surface area contributed by atoms with Crippen LogP contribution >= 0.6 is 11.6 Å². The van der Waals surface area contributed by atoms with Crippen LogP contribution in [0.15, 0.2) is 42.5 Å². The predicted octanol–water partition coefficient (Wildman–Crippen LogP) is 4.34. The summed E-state index contributed by atoms with van der Waals surface area (Å²) in [6, 6.07) is 12.7. The molecule has 2 nitrogen and oxygen atoms in total. The molecular weight excluding hydrogens is 277 g/mol. The van der Waals surface area contributed by atoms with E-state index in [4.69, 9.17) is 16.3 Å². The number of methoxy groups -OCH3 is 1. The summed E-state index contributed by atoms with van der Waals surface area (Å²) in [6.07, 6.45) is 0. The van der Waals surface area contributed by atoms with Gasteiger partial charge in [0.15, 0.2) is 11.6 Å². The van der Waals surface area contributed by atoms with Crippen LogP contribution in [0.1, 0.15) is 24.1 Å². The zero-order valence-corrected chi connectivity index (χ0v) is 12.2. The fourth-order valence-electron chi connectivity index (χ4n) is 2.03. The van der Waals surface area contributed by atoms with Gasteiger partial charge in [-0.05, 0) is 36.2 Å². The van der Waals surface area contributed by atoms with E-state index in [2.05, 4.69) is 5.32 Å². The number of ether oxygens (including phenoxy) is 1. The Balaban J connectivity index is 2.02. The predicted molar refractivity (Wildman–Crippen MR) is 79.7 cm³/mol. The van der Waals surface area contributed by atoms with Crippen LogP contribution in [0.25, 0.3) is 0 Å². The quantitative estimate of drug-likeness (QED) is 0.885. The molecule has 106 valence electrons. The van der Waals surface area contributed by atoms with Crippen LogP contribution in [0.4, 0.5) is 4.39 Å². The first-order chi connectivity index (χ1) is 9.61. The molecule has 0 aromatic heterocycles. The normalized spacial score (nSPS) is 12.2. The lowest BCUT2D eigenvalue weighted by Gasteiger charge is -2.16. The third kappa shape index (κ3) is 3.50. The fourth-order valence-corrected chi connectivity index (χ4v) is 2.33. The smallest absolute Gasteiger partial charge is 0.165 e. The van der Waals surface area contributed by atoms with Crippen molar-refractivity contribution in [1.29, 1.82) is 0 Å². The number of benzene rings is 2. The summed E-state index contributed by atoms with van der Waals surface area (Å²) >= 11 is 6.15. The molecule has 0 unspecified atom stereocenters. The highest BCUT2D eigenvalue weighted by Gasteiger charge is 2.09. The zero-order chi connectivity index (χ0) is 14.5.